The Labute approximate surface area is 106 Å². The lowest BCUT2D eigenvalue weighted by molar-refractivity contribution is -0.169. The van der Waals surface area contributed by atoms with Gasteiger partial charge in [-0.1, -0.05) is 17.7 Å². The Morgan fingerprint density at radius 2 is 1.82 bits per heavy atom. The van der Waals surface area contributed by atoms with Crippen molar-refractivity contribution in [1.82, 2.24) is 0 Å². The summed E-state index contributed by atoms with van der Waals surface area (Å²) >= 11 is 6.01. The molecule has 1 aromatic rings. The lowest BCUT2D eigenvalue weighted by atomic mass is 10.0. The summed E-state index contributed by atoms with van der Waals surface area (Å²) < 4.78 is 11.4. The number of nitrogens with zero attached hydrogens (tertiary/aromatic N) is 1. The van der Waals surface area contributed by atoms with Crippen LogP contribution in [-0.2, 0) is 9.47 Å². The maximum Gasteiger partial charge on any atom is 0.171 e. The molecule has 0 bridgehead atoms. The van der Waals surface area contributed by atoms with E-state index in [0.29, 0.717) is 0 Å². The van der Waals surface area contributed by atoms with Crippen LogP contribution in [0.5, 0.6) is 0 Å². The van der Waals surface area contributed by atoms with Gasteiger partial charge in [0.2, 0.25) is 0 Å². The van der Waals surface area contributed by atoms with Crippen LogP contribution in [0.2, 0.25) is 5.02 Å². The molecule has 0 saturated carbocycles. The lowest BCUT2D eigenvalue weighted by Gasteiger charge is -2.38. The predicted molar refractivity (Wildman–Crippen MR) is 67.5 cm³/mol. The molecule has 2 aliphatic heterocycles. The van der Waals surface area contributed by atoms with E-state index in [1.54, 1.807) is 0 Å². The van der Waals surface area contributed by atoms with Crippen LogP contribution < -0.4 is 4.90 Å². The molecular weight excluding hydrogens is 238 g/mol. The topological polar surface area (TPSA) is 21.7 Å². The molecule has 0 aliphatic carbocycles. The molecular formula is C13H16ClNO2. The summed E-state index contributed by atoms with van der Waals surface area (Å²) in [4.78, 5) is 2.34. The van der Waals surface area contributed by atoms with Gasteiger partial charge in [0.15, 0.2) is 5.79 Å². The van der Waals surface area contributed by atoms with Crippen LogP contribution in [0.3, 0.4) is 0 Å². The minimum absolute atomic E-state index is 0.297. The predicted octanol–water partition coefficient (Wildman–Crippen LogP) is 2.68. The third kappa shape index (κ3) is 2.28. The summed E-state index contributed by atoms with van der Waals surface area (Å²) in [6.07, 6.45) is 1.86. The highest BCUT2D eigenvalue weighted by molar-refractivity contribution is 6.30. The van der Waals surface area contributed by atoms with Crippen molar-refractivity contribution >= 4 is 17.3 Å². The molecule has 3 rings (SSSR count). The van der Waals surface area contributed by atoms with Crippen molar-refractivity contribution in [2.45, 2.75) is 18.6 Å². The van der Waals surface area contributed by atoms with Gasteiger partial charge in [-0.15, -0.1) is 0 Å². The minimum atomic E-state index is -0.297. The molecule has 0 amide bonds. The van der Waals surface area contributed by atoms with Crippen LogP contribution in [0, 0.1) is 0 Å². The van der Waals surface area contributed by atoms with E-state index < -0.39 is 0 Å². The molecule has 0 aromatic heterocycles. The first-order valence-electron chi connectivity index (χ1n) is 6.06. The lowest BCUT2D eigenvalue weighted by Crippen LogP contribution is -2.45. The fraction of sp³-hybridized carbons (Fsp3) is 0.538. The van der Waals surface area contributed by atoms with Crippen molar-refractivity contribution in [3.8, 4) is 0 Å². The third-order valence-corrected chi connectivity index (χ3v) is 3.75. The molecule has 1 aromatic carbocycles. The average Bonchev–Trinajstić information content (AvgIpc) is 2.79. The van der Waals surface area contributed by atoms with Crippen molar-refractivity contribution in [2.24, 2.45) is 0 Å². The highest BCUT2D eigenvalue weighted by Crippen LogP contribution is 2.33. The van der Waals surface area contributed by atoms with Gasteiger partial charge in [-0.05, 0) is 18.2 Å². The zero-order valence-electron chi connectivity index (χ0n) is 9.69. The van der Waals surface area contributed by atoms with E-state index in [0.717, 1.165) is 44.2 Å². The second kappa shape index (κ2) is 4.48. The largest absolute Gasteiger partial charge is 0.371 e. The summed E-state index contributed by atoms with van der Waals surface area (Å²) in [7, 11) is 0. The highest BCUT2D eigenvalue weighted by Gasteiger charge is 2.39. The maximum absolute atomic E-state index is 6.01. The smallest absolute Gasteiger partial charge is 0.171 e. The zero-order valence-corrected chi connectivity index (χ0v) is 10.4. The van der Waals surface area contributed by atoms with Crippen LogP contribution in [-0.4, -0.2) is 32.1 Å². The second-order valence-electron chi connectivity index (χ2n) is 4.57. The first kappa shape index (κ1) is 11.3. The number of hydrogen-bond acceptors (Lipinski definition) is 3. The van der Waals surface area contributed by atoms with E-state index >= 15 is 0 Å². The quantitative estimate of drug-likeness (QED) is 0.768. The van der Waals surface area contributed by atoms with Crippen molar-refractivity contribution in [3.63, 3.8) is 0 Å². The van der Waals surface area contributed by atoms with E-state index in [1.807, 2.05) is 18.2 Å². The molecule has 92 valence electrons. The fourth-order valence-corrected chi connectivity index (χ4v) is 2.75. The number of benzene rings is 1. The van der Waals surface area contributed by atoms with Crippen LogP contribution >= 0.6 is 11.6 Å². The maximum atomic E-state index is 6.01. The van der Waals surface area contributed by atoms with Gasteiger partial charge >= 0.3 is 0 Å². The Morgan fingerprint density at radius 1 is 1.12 bits per heavy atom. The highest BCUT2D eigenvalue weighted by atomic mass is 35.5. The van der Waals surface area contributed by atoms with E-state index in [2.05, 4.69) is 11.0 Å². The van der Waals surface area contributed by atoms with Crippen molar-refractivity contribution < 1.29 is 9.47 Å². The number of ether oxygens (including phenoxy) is 2. The van der Waals surface area contributed by atoms with Crippen LogP contribution in [0.4, 0.5) is 5.69 Å². The molecule has 4 heteroatoms. The Kier molecular flexibility index (Phi) is 2.99. The average molecular weight is 254 g/mol. The molecule has 3 nitrogen and oxygen atoms in total. The van der Waals surface area contributed by atoms with Crippen LogP contribution in [0.25, 0.3) is 0 Å². The van der Waals surface area contributed by atoms with Gasteiger partial charge in [-0.25, -0.2) is 0 Å². The van der Waals surface area contributed by atoms with Crippen molar-refractivity contribution in [2.75, 3.05) is 31.2 Å². The summed E-state index contributed by atoms with van der Waals surface area (Å²) in [5.74, 6) is -0.297. The number of rotatable bonds is 1. The van der Waals surface area contributed by atoms with E-state index in [-0.39, 0.29) is 5.79 Å². The van der Waals surface area contributed by atoms with Gasteiger partial charge < -0.3 is 14.4 Å². The molecule has 2 heterocycles. The van der Waals surface area contributed by atoms with Crippen molar-refractivity contribution in [1.29, 1.82) is 0 Å². The number of hydrogen-bond donors (Lipinski definition) is 0. The first-order valence-corrected chi connectivity index (χ1v) is 6.44. The van der Waals surface area contributed by atoms with Gasteiger partial charge in [0.25, 0.3) is 0 Å². The summed E-state index contributed by atoms with van der Waals surface area (Å²) in [6, 6.07) is 8.00. The van der Waals surface area contributed by atoms with Gasteiger partial charge in [0.05, 0.1) is 13.2 Å². The summed E-state index contributed by atoms with van der Waals surface area (Å²) in [6.45, 7) is 3.38. The molecule has 0 unspecified atom stereocenters. The van der Waals surface area contributed by atoms with Crippen LogP contribution in [0.1, 0.15) is 12.8 Å². The SMILES string of the molecule is Clc1cccc(N2CCC3(CC2)OCCO3)c1. The van der Waals surface area contributed by atoms with E-state index in [9.17, 15) is 0 Å². The Hall–Kier alpha value is -0.770. The molecule has 0 atom stereocenters. The molecule has 2 aliphatic rings. The Balaban J connectivity index is 1.68. The van der Waals surface area contributed by atoms with Gasteiger partial charge in [0.1, 0.15) is 0 Å². The molecule has 1 spiro atoms. The fourth-order valence-electron chi connectivity index (χ4n) is 2.56. The second-order valence-corrected chi connectivity index (χ2v) is 5.01. The first-order chi connectivity index (χ1) is 8.27. The Bertz CT molecular complexity index is 394. The molecule has 2 fully saturated rings. The van der Waals surface area contributed by atoms with Gasteiger partial charge in [-0.2, -0.15) is 0 Å². The molecule has 2 saturated heterocycles. The monoisotopic (exact) mass is 253 g/mol. The van der Waals surface area contributed by atoms with E-state index in [4.69, 9.17) is 21.1 Å². The summed E-state index contributed by atoms with van der Waals surface area (Å²) in [5.41, 5.74) is 1.19. The van der Waals surface area contributed by atoms with Gasteiger partial charge in [-0.3, -0.25) is 0 Å². The molecule has 17 heavy (non-hydrogen) atoms. The molecule has 0 N–H and O–H groups in total. The Morgan fingerprint density at radius 3 is 2.47 bits per heavy atom. The number of halogens is 1. The van der Waals surface area contributed by atoms with Crippen molar-refractivity contribution in [3.05, 3.63) is 29.3 Å². The van der Waals surface area contributed by atoms with Gasteiger partial charge in [0, 0.05) is 36.6 Å². The minimum Gasteiger partial charge on any atom is -0.371 e. The van der Waals surface area contributed by atoms with E-state index in [1.165, 1.54) is 5.69 Å². The third-order valence-electron chi connectivity index (χ3n) is 3.51. The molecule has 0 radical (unpaired) electrons. The standard InChI is InChI=1S/C13H16ClNO2/c14-11-2-1-3-12(10-11)15-6-4-13(5-7-15)16-8-9-17-13/h1-3,10H,4-9H2. The summed E-state index contributed by atoms with van der Waals surface area (Å²) in [5, 5.41) is 0.788. The van der Waals surface area contributed by atoms with Crippen LogP contribution in [0.15, 0.2) is 24.3 Å². The number of piperidine rings is 1. The zero-order chi connectivity index (χ0) is 11.7. The number of anilines is 1. The normalized spacial score (nSPS) is 23.2.